The predicted molar refractivity (Wildman–Crippen MR) is 111 cm³/mol. The van der Waals surface area contributed by atoms with Crippen molar-refractivity contribution < 1.29 is 16.8 Å². The third-order valence-electron chi connectivity index (χ3n) is 3.63. The maximum absolute atomic E-state index is 12.5. The topological polar surface area (TPSA) is 92.3 Å². The van der Waals surface area contributed by atoms with Crippen molar-refractivity contribution in [2.75, 3.05) is 9.44 Å². The molecule has 28 heavy (non-hydrogen) atoms. The highest BCUT2D eigenvalue weighted by Gasteiger charge is 2.19. The summed E-state index contributed by atoms with van der Waals surface area (Å²) in [5.41, 5.74) is 0.595. The standard InChI is InChI=1S/C18H14Cl2N2O4S2/c19-13-6-11-17(20)18(12-13)28(25,26)22-15-7-9-16(10-8-15)27(23,24)21-14-4-2-1-3-5-14/h1-12,21-22H. The lowest BCUT2D eigenvalue weighted by Gasteiger charge is -2.11. The van der Waals surface area contributed by atoms with Crippen molar-refractivity contribution in [2.24, 2.45) is 0 Å². The summed E-state index contributed by atoms with van der Waals surface area (Å²) in [4.78, 5) is -0.191. The molecule has 0 bridgehead atoms. The van der Waals surface area contributed by atoms with E-state index in [1.54, 1.807) is 30.3 Å². The van der Waals surface area contributed by atoms with Crippen LogP contribution in [0, 0.1) is 0 Å². The zero-order valence-electron chi connectivity index (χ0n) is 14.1. The van der Waals surface area contributed by atoms with Gasteiger partial charge in [0.2, 0.25) is 0 Å². The van der Waals surface area contributed by atoms with Crippen LogP contribution in [-0.2, 0) is 20.0 Å². The van der Waals surface area contributed by atoms with Gasteiger partial charge < -0.3 is 0 Å². The molecule has 0 heterocycles. The summed E-state index contributed by atoms with van der Waals surface area (Å²) in [6, 6.07) is 17.8. The third-order valence-corrected chi connectivity index (χ3v) is 7.12. The maximum atomic E-state index is 12.5. The average molecular weight is 457 g/mol. The Kier molecular flexibility index (Phi) is 5.85. The van der Waals surface area contributed by atoms with Crippen LogP contribution < -0.4 is 9.44 Å². The van der Waals surface area contributed by atoms with Crippen LogP contribution in [0.5, 0.6) is 0 Å². The van der Waals surface area contributed by atoms with Gasteiger partial charge in [0.05, 0.1) is 9.92 Å². The molecule has 0 unspecified atom stereocenters. The molecule has 2 N–H and O–H groups in total. The number of hydrogen-bond donors (Lipinski definition) is 2. The van der Waals surface area contributed by atoms with Gasteiger partial charge in [-0.2, -0.15) is 0 Å². The number of rotatable bonds is 6. The van der Waals surface area contributed by atoms with Crippen LogP contribution in [0.15, 0.2) is 82.6 Å². The highest BCUT2D eigenvalue weighted by atomic mass is 35.5. The Bertz CT molecular complexity index is 1200. The zero-order chi connectivity index (χ0) is 20.4. The molecule has 10 heteroatoms. The summed E-state index contributed by atoms with van der Waals surface area (Å²) in [5, 5.41) is 0.237. The van der Waals surface area contributed by atoms with Gasteiger partial charge in [0.15, 0.2) is 0 Å². The van der Waals surface area contributed by atoms with E-state index in [2.05, 4.69) is 9.44 Å². The lowest BCUT2D eigenvalue weighted by molar-refractivity contribution is 0.600. The number of sulfonamides is 2. The van der Waals surface area contributed by atoms with Gasteiger partial charge in [-0.1, -0.05) is 41.4 Å². The van der Waals surface area contributed by atoms with Gasteiger partial charge in [-0.3, -0.25) is 9.44 Å². The molecule has 3 aromatic carbocycles. The van der Waals surface area contributed by atoms with E-state index >= 15 is 0 Å². The van der Waals surface area contributed by atoms with Crippen LogP contribution in [-0.4, -0.2) is 16.8 Å². The van der Waals surface area contributed by atoms with Gasteiger partial charge in [0, 0.05) is 16.4 Å². The average Bonchev–Trinajstić information content (AvgIpc) is 2.64. The van der Waals surface area contributed by atoms with E-state index in [1.807, 2.05) is 0 Å². The van der Waals surface area contributed by atoms with E-state index in [0.29, 0.717) is 5.69 Å². The minimum atomic E-state index is -3.99. The number of anilines is 2. The van der Waals surface area contributed by atoms with E-state index in [4.69, 9.17) is 23.2 Å². The summed E-state index contributed by atoms with van der Waals surface area (Å²) in [5.74, 6) is 0. The molecule has 0 saturated carbocycles. The Morgan fingerprint density at radius 2 is 1.21 bits per heavy atom. The first-order valence-corrected chi connectivity index (χ1v) is 11.6. The molecular weight excluding hydrogens is 443 g/mol. The van der Waals surface area contributed by atoms with Gasteiger partial charge >= 0.3 is 0 Å². The molecular formula is C18H14Cl2N2O4S2. The first kappa shape index (κ1) is 20.5. The van der Waals surface area contributed by atoms with E-state index in [9.17, 15) is 16.8 Å². The van der Waals surface area contributed by atoms with Gasteiger partial charge in [0.1, 0.15) is 4.90 Å². The second-order valence-corrected chi connectivity index (χ2v) is 9.85. The monoisotopic (exact) mass is 456 g/mol. The van der Waals surface area contributed by atoms with E-state index in [-0.39, 0.29) is 25.5 Å². The molecule has 0 aliphatic rings. The lowest BCUT2D eigenvalue weighted by Crippen LogP contribution is -2.15. The maximum Gasteiger partial charge on any atom is 0.263 e. The second kappa shape index (κ2) is 8.00. The molecule has 0 aliphatic carbocycles. The first-order valence-electron chi connectivity index (χ1n) is 7.83. The minimum Gasteiger partial charge on any atom is -0.280 e. The van der Waals surface area contributed by atoms with Crippen LogP contribution >= 0.6 is 23.2 Å². The lowest BCUT2D eigenvalue weighted by atomic mass is 10.3. The van der Waals surface area contributed by atoms with Crippen molar-refractivity contribution >= 4 is 54.6 Å². The number of para-hydroxylation sites is 1. The molecule has 0 aliphatic heterocycles. The summed E-state index contributed by atoms with van der Waals surface area (Å²) in [6.45, 7) is 0. The van der Waals surface area contributed by atoms with Gasteiger partial charge in [0.25, 0.3) is 20.0 Å². The van der Waals surface area contributed by atoms with Gasteiger partial charge in [-0.15, -0.1) is 0 Å². The van der Waals surface area contributed by atoms with E-state index < -0.39 is 20.0 Å². The van der Waals surface area contributed by atoms with Crippen LogP contribution in [0.2, 0.25) is 10.0 Å². The molecule has 0 amide bonds. The molecule has 0 fully saturated rings. The molecule has 0 aromatic heterocycles. The largest absolute Gasteiger partial charge is 0.280 e. The van der Waals surface area contributed by atoms with Crippen LogP contribution in [0.1, 0.15) is 0 Å². The fourth-order valence-electron chi connectivity index (χ4n) is 2.32. The first-order chi connectivity index (χ1) is 13.2. The smallest absolute Gasteiger partial charge is 0.263 e. The molecule has 0 saturated heterocycles. The molecule has 3 aromatic rings. The van der Waals surface area contributed by atoms with Crippen LogP contribution in [0.4, 0.5) is 11.4 Å². The van der Waals surface area contributed by atoms with Gasteiger partial charge in [-0.25, -0.2) is 16.8 Å². The molecule has 6 nitrogen and oxygen atoms in total. The van der Waals surface area contributed by atoms with Crippen LogP contribution in [0.25, 0.3) is 0 Å². The quantitative estimate of drug-likeness (QED) is 0.566. The summed E-state index contributed by atoms with van der Waals surface area (Å²) < 4.78 is 54.7. The highest BCUT2D eigenvalue weighted by molar-refractivity contribution is 7.93. The van der Waals surface area contributed by atoms with E-state index in [0.717, 1.165) is 0 Å². The second-order valence-electron chi connectivity index (χ2n) is 5.68. The normalized spacial score (nSPS) is 11.8. The fourth-order valence-corrected chi connectivity index (χ4v) is 5.20. The Morgan fingerprint density at radius 3 is 1.86 bits per heavy atom. The third kappa shape index (κ3) is 4.77. The highest BCUT2D eigenvalue weighted by Crippen LogP contribution is 2.27. The molecule has 3 rings (SSSR count). The Balaban J connectivity index is 1.82. The molecule has 0 spiro atoms. The molecule has 0 atom stereocenters. The van der Waals surface area contributed by atoms with Crippen molar-refractivity contribution in [1.82, 2.24) is 0 Å². The summed E-state index contributed by atoms with van der Waals surface area (Å²) in [6.07, 6.45) is 0. The zero-order valence-corrected chi connectivity index (χ0v) is 17.3. The summed E-state index contributed by atoms with van der Waals surface area (Å²) in [7, 11) is -7.80. The SMILES string of the molecule is O=S(=O)(Nc1ccccc1)c1ccc(NS(=O)(=O)c2cc(Cl)ccc2Cl)cc1. The number of nitrogens with one attached hydrogen (secondary N) is 2. The number of halogens is 2. The minimum absolute atomic E-state index is 0.0138. The van der Waals surface area contributed by atoms with Crippen molar-refractivity contribution in [3.63, 3.8) is 0 Å². The van der Waals surface area contributed by atoms with Crippen molar-refractivity contribution in [2.45, 2.75) is 9.79 Å². The van der Waals surface area contributed by atoms with Crippen molar-refractivity contribution in [3.8, 4) is 0 Å². The Labute approximate surface area is 173 Å². The predicted octanol–water partition coefficient (Wildman–Crippen LogP) is 4.60. The van der Waals surface area contributed by atoms with E-state index in [1.165, 1.54) is 42.5 Å². The number of hydrogen-bond acceptors (Lipinski definition) is 4. The Hall–Kier alpha value is -2.26. The van der Waals surface area contributed by atoms with Crippen molar-refractivity contribution in [1.29, 1.82) is 0 Å². The van der Waals surface area contributed by atoms with Gasteiger partial charge in [-0.05, 0) is 54.6 Å². The Morgan fingerprint density at radius 1 is 0.643 bits per heavy atom. The molecule has 0 radical (unpaired) electrons. The van der Waals surface area contributed by atoms with Crippen molar-refractivity contribution in [3.05, 3.63) is 82.8 Å². The van der Waals surface area contributed by atoms with Crippen LogP contribution in [0.3, 0.4) is 0 Å². The fraction of sp³-hybridized carbons (Fsp3) is 0. The molecule has 146 valence electrons. The summed E-state index contributed by atoms with van der Waals surface area (Å²) >= 11 is 11.8. The number of benzene rings is 3.